The van der Waals surface area contributed by atoms with Crippen molar-refractivity contribution >= 4 is 6.03 Å². The number of nitrogens with zero attached hydrogens (tertiary/aromatic N) is 2. The number of hydrogen-bond donors (Lipinski definition) is 1. The van der Waals surface area contributed by atoms with Gasteiger partial charge in [-0.15, -0.1) is 0 Å². The summed E-state index contributed by atoms with van der Waals surface area (Å²) in [4.78, 5) is 17.1. The van der Waals surface area contributed by atoms with Gasteiger partial charge < -0.3 is 15.0 Å². The van der Waals surface area contributed by atoms with Crippen LogP contribution in [-0.2, 0) is 13.1 Å². The average Bonchev–Trinajstić information content (AvgIpc) is 3.28. The Hall–Kier alpha value is -2.67. The van der Waals surface area contributed by atoms with Gasteiger partial charge in [-0.3, -0.25) is 4.90 Å². The molecule has 2 aliphatic rings. The number of hydrogen-bond acceptors (Lipinski definition) is 3. The third-order valence-corrected chi connectivity index (χ3v) is 6.72. The van der Waals surface area contributed by atoms with Gasteiger partial charge in [-0.2, -0.15) is 0 Å². The molecule has 2 aromatic carbocycles. The van der Waals surface area contributed by atoms with Crippen LogP contribution in [0, 0.1) is 11.7 Å². The quantitative estimate of drug-likeness (QED) is 0.579. The van der Waals surface area contributed by atoms with E-state index < -0.39 is 12.2 Å². The zero-order chi connectivity index (χ0) is 24.1. The molecule has 2 fully saturated rings. The van der Waals surface area contributed by atoms with Gasteiger partial charge in [0.05, 0.1) is 12.6 Å². The van der Waals surface area contributed by atoms with Crippen LogP contribution in [0.2, 0.25) is 0 Å². The largest absolute Gasteiger partial charge is 0.493 e. The van der Waals surface area contributed by atoms with Crippen molar-refractivity contribution in [2.24, 2.45) is 5.92 Å². The van der Waals surface area contributed by atoms with Crippen LogP contribution in [0.4, 0.5) is 13.6 Å². The molecule has 2 aromatic rings. The van der Waals surface area contributed by atoms with Crippen molar-refractivity contribution in [2.75, 3.05) is 19.7 Å². The predicted molar refractivity (Wildman–Crippen MR) is 129 cm³/mol. The zero-order valence-electron chi connectivity index (χ0n) is 20.1. The van der Waals surface area contributed by atoms with E-state index in [-0.39, 0.29) is 18.4 Å². The summed E-state index contributed by atoms with van der Waals surface area (Å²) >= 11 is 0. The maximum Gasteiger partial charge on any atom is 0.318 e. The van der Waals surface area contributed by atoms with Crippen LogP contribution in [-0.4, -0.2) is 53.8 Å². The van der Waals surface area contributed by atoms with Gasteiger partial charge in [-0.05, 0) is 67.1 Å². The van der Waals surface area contributed by atoms with Crippen molar-refractivity contribution < 1.29 is 18.3 Å². The van der Waals surface area contributed by atoms with E-state index in [0.717, 1.165) is 36.3 Å². The lowest BCUT2D eigenvalue weighted by atomic mass is 9.94. The Labute approximate surface area is 201 Å². The molecule has 0 aliphatic carbocycles. The number of alkyl halides is 1. The van der Waals surface area contributed by atoms with E-state index in [4.69, 9.17) is 4.74 Å². The number of fused-ring (bicyclic) bond motifs is 1. The highest BCUT2D eigenvalue weighted by Crippen LogP contribution is 2.32. The molecule has 2 heterocycles. The fraction of sp³-hybridized carbons (Fsp3) is 0.519. The summed E-state index contributed by atoms with van der Waals surface area (Å²) in [6, 6.07) is 13.2. The molecule has 34 heavy (non-hydrogen) atoms. The van der Waals surface area contributed by atoms with E-state index >= 15 is 4.39 Å². The SMILES string of the molecule is CC(C)COc1ccc(CNC(=O)N(Cc2ccc(F)cc2)[C@@H]2C[C@H]3CCCN3C[C@@H]2F)cc1. The Bertz CT molecular complexity index is 936. The molecule has 0 bridgehead atoms. The van der Waals surface area contributed by atoms with Gasteiger partial charge in [0.2, 0.25) is 0 Å². The minimum Gasteiger partial charge on any atom is -0.493 e. The summed E-state index contributed by atoms with van der Waals surface area (Å²) in [6.45, 7) is 6.71. The molecule has 0 radical (unpaired) electrons. The van der Waals surface area contributed by atoms with Crippen LogP contribution in [0.25, 0.3) is 0 Å². The number of urea groups is 1. The van der Waals surface area contributed by atoms with Gasteiger partial charge in [0.25, 0.3) is 0 Å². The number of rotatable bonds is 8. The third-order valence-electron chi connectivity index (χ3n) is 6.72. The van der Waals surface area contributed by atoms with Gasteiger partial charge >= 0.3 is 6.03 Å². The minimum absolute atomic E-state index is 0.242. The maximum atomic E-state index is 15.3. The van der Waals surface area contributed by atoms with Gasteiger partial charge in [0.1, 0.15) is 17.7 Å². The fourth-order valence-electron chi connectivity index (χ4n) is 4.87. The van der Waals surface area contributed by atoms with Crippen molar-refractivity contribution in [3.8, 4) is 5.75 Å². The standard InChI is InChI=1S/C27H35F2N3O2/c1-19(2)18-34-24-11-7-20(8-12-24)15-30-27(33)32(16-21-5-9-22(28)10-6-21)26-14-23-4-3-13-31(23)17-25(26)29/h5-12,19,23,25-26H,3-4,13-18H2,1-2H3,(H,30,33)/t23-,25+,26-/m1/s1. The molecule has 5 nitrogen and oxygen atoms in total. The highest BCUT2D eigenvalue weighted by molar-refractivity contribution is 5.74. The van der Waals surface area contributed by atoms with E-state index in [0.29, 0.717) is 38.1 Å². The number of piperidine rings is 1. The summed E-state index contributed by atoms with van der Waals surface area (Å²) in [5.74, 6) is 0.912. The smallest absolute Gasteiger partial charge is 0.318 e. The van der Waals surface area contributed by atoms with Crippen LogP contribution in [0.3, 0.4) is 0 Å². The Morgan fingerprint density at radius 1 is 1.15 bits per heavy atom. The first-order chi connectivity index (χ1) is 16.4. The van der Waals surface area contributed by atoms with E-state index in [1.54, 1.807) is 17.0 Å². The lowest BCUT2D eigenvalue weighted by molar-refractivity contribution is 0.0311. The number of carbonyl (C=O) groups is 1. The number of ether oxygens (including phenoxy) is 1. The van der Waals surface area contributed by atoms with E-state index in [1.807, 2.05) is 24.3 Å². The van der Waals surface area contributed by atoms with Crippen molar-refractivity contribution in [3.05, 3.63) is 65.5 Å². The van der Waals surface area contributed by atoms with Gasteiger partial charge in [-0.25, -0.2) is 13.6 Å². The number of nitrogens with one attached hydrogen (secondary N) is 1. The molecule has 0 aromatic heterocycles. The van der Waals surface area contributed by atoms with E-state index in [1.165, 1.54) is 12.1 Å². The molecular weight excluding hydrogens is 436 g/mol. The fourth-order valence-corrected chi connectivity index (χ4v) is 4.87. The van der Waals surface area contributed by atoms with Crippen molar-refractivity contribution in [1.82, 2.24) is 15.1 Å². The predicted octanol–water partition coefficient (Wildman–Crippen LogP) is 5.15. The van der Waals surface area contributed by atoms with Crippen molar-refractivity contribution in [1.29, 1.82) is 0 Å². The molecule has 0 saturated carbocycles. The summed E-state index contributed by atoms with van der Waals surface area (Å²) in [5.41, 5.74) is 1.72. The van der Waals surface area contributed by atoms with E-state index in [9.17, 15) is 9.18 Å². The molecule has 3 atom stereocenters. The Morgan fingerprint density at radius 3 is 2.56 bits per heavy atom. The third kappa shape index (κ3) is 6.26. The maximum absolute atomic E-state index is 15.3. The number of amides is 2. The molecule has 2 amide bonds. The van der Waals surface area contributed by atoms with Crippen molar-refractivity contribution in [2.45, 2.75) is 64.5 Å². The molecule has 2 aliphatic heterocycles. The second-order valence-corrected chi connectivity index (χ2v) is 9.87. The Kier molecular flexibility index (Phi) is 8.03. The Balaban J connectivity index is 1.43. The average molecular weight is 472 g/mol. The van der Waals surface area contributed by atoms with Gasteiger partial charge in [0, 0.05) is 25.7 Å². The minimum atomic E-state index is -1.11. The first-order valence-corrected chi connectivity index (χ1v) is 12.3. The molecule has 7 heteroatoms. The molecule has 4 rings (SSSR count). The summed E-state index contributed by atoms with van der Waals surface area (Å²) in [5, 5.41) is 2.97. The van der Waals surface area contributed by atoms with Gasteiger partial charge in [0.15, 0.2) is 0 Å². The van der Waals surface area contributed by atoms with Crippen LogP contribution in [0.15, 0.2) is 48.5 Å². The second kappa shape index (κ2) is 11.2. The monoisotopic (exact) mass is 471 g/mol. The van der Waals surface area contributed by atoms with Crippen LogP contribution >= 0.6 is 0 Å². The summed E-state index contributed by atoms with van der Waals surface area (Å²) in [6.07, 6.45) is 1.63. The topological polar surface area (TPSA) is 44.8 Å². The molecular formula is C27H35F2N3O2. The van der Waals surface area contributed by atoms with E-state index in [2.05, 4.69) is 24.1 Å². The van der Waals surface area contributed by atoms with Crippen LogP contribution in [0.5, 0.6) is 5.75 Å². The van der Waals surface area contributed by atoms with Gasteiger partial charge in [-0.1, -0.05) is 38.1 Å². The number of halogens is 2. The molecule has 184 valence electrons. The second-order valence-electron chi connectivity index (χ2n) is 9.87. The highest BCUT2D eigenvalue weighted by Gasteiger charge is 2.42. The molecule has 1 N–H and O–H groups in total. The first kappa shape index (κ1) is 24.5. The zero-order valence-corrected chi connectivity index (χ0v) is 20.1. The first-order valence-electron chi connectivity index (χ1n) is 12.3. The number of carbonyl (C=O) groups excluding carboxylic acids is 1. The number of benzene rings is 2. The summed E-state index contributed by atoms with van der Waals surface area (Å²) in [7, 11) is 0. The molecule has 0 unspecified atom stereocenters. The Morgan fingerprint density at radius 2 is 1.85 bits per heavy atom. The van der Waals surface area contributed by atoms with Crippen LogP contribution < -0.4 is 10.1 Å². The van der Waals surface area contributed by atoms with Crippen molar-refractivity contribution in [3.63, 3.8) is 0 Å². The highest BCUT2D eigenvalue weighted by atomic mass is 19.1. The summed E-state index contributed by atoms with van der Waals surface area (Å²) < 4.78 is 34.4. The molecule has 0 spiro atoms. The normalized spacial score (nSPS) is 22.4. The lowest BCUT2D eigenvalue weighted by Crippen LogP contribution is -2.57. The van der Waals surface area contributed by atoms with Crippen LogP contribution in [0.1, 0.15) is 44.2 Å². The molecule has 2 saturated heterocycles. The lowest BCUT2D eigenvalue weighted by Gasteiger charge is -2.42.